The van der Waals surface area contributed by atoms with Gasteiger partial charge in [-0.2, -0.15) is 0 Å². The number of hydrogen-bond acceptors (Lipinski definition) is 7. The molecular formula is C24H20N4O5S. The van der Waals surface area contributed by atoms with Crippen LogP contribution in [-0.2, 0) is 16.6 Å². The quantitative estimate of drug-likeness (QED) is 0.391. The van der Waals surface area contributed by atoms with Gasteiger partial charge >= 0.3 is 5.97 Å². The maximum absolute atomic E-state index is 12.9. The van der Waals surface area contributed by atoms with Gasteiger partial charge in [0.1, 0.15) is 6.61 Å². The molecule has 10 heteroatoms. The zero-order valence-electron chi connectivity index (χ0n) is 18.0. The molecule has 2 aromatic heterocycles. The molecule has 0 radical (unpaired) electrons. The third kappa shape index (κ3) is 5.36. The number of ether oxygens (including phenoxy) is 1. The van der Waals surface area contributed by atoms with Crippen molar-refractivity contribution in [3.8, 4) is 17.1 Å². The highest BCUT2D eigenvalue weighted by Gasteiger charge is 2.20. The first-order valence-corrected chi connectivity index (χ1v) is 11.6. The minimum absolute atomic E-state index is 0.0576. The van der Waals surface area contributed by atoms with E-state index in [1.54, 1.807) is 48.8 Å². The lowest BCUT2D eigenvalue weighted by molar-refractivity contribution is 0.0697. The van der Waals surface area contributed by atoms with Crippen molar-refractivity contribution in [1.82, 2.24) is 15.0 Å². The van der Waals surface area contributed by atoms with Crippen LogP contribution in [0.25, 0.3) is 11.3 Å². The molecule has 9 nitrogen and oxygen atoms in total. The van der Waals surface area contributed by atoms with Crippen LogP contribution >= 0.6 is 0 Å². The van der Waals surface area contributed by atoms with Gasteiger partial charge in [-0.15, -0.1) is 0 Å². The summed E-state index contributed by atoms with van der Waals surface area (Å²) in [7, 11) is -3.95. The molecule has 0 atom stereocenters. The Balaban J connectivity index is 1.70. The number of carbonyl (C=O) groups is 1. The van der Waals surface area contributed by atoms with Crippen molar-refractivity contribution >= 4 is 21.8 Å². The molecule has 34 heavy (non-hydrogen) atoms. The van der Waals surface area contributed by atoms with Gasteiger partial charge in [-0.25, -0.2) is 23.2 Å². The molecule has 0 unspecified atom stereocenters. The zero-order valence-corrected chi connectivity index (χ0v) is 18.9. The first-order valence-electron chi connectivity index (χ1n) is 10.1. The van der Waals surface area contributed by atoms with Crippen LogP contribution in [0.5, 0.6) is 5.88 Å². The highest BCUT2D eigenvalue weighted by molar-refractivity contribution is 7.92. The summed E-state index contributed by atoms with van der Waals surface area (Å²) < 4.78 is 34.0. The summed E-state index contributed by atoms with van der Waals surface area (Å²) >= 11 is 0. The van der Waals surface area contributed by atoms with Crippen LogP contribution in [0.1, 0.15) is 21.5 Å². The average molecular weight is 477 g/mol. The van der Waals surface area contributed by atoms with E-state index in [0.29, 0.717) is 11.3 Å². The molecule has 0 amide bonds. The van der Waals surface area contributed by atoms with Crippen LogP contribution in [0, 0.1) is 6.92 Å². The molecule has 4 aromatic rings. The average Bonchev–Trinajstić information content (AvgIpc) is 2.84. The van der Waals surface area contributed by atoms with Gasteiger partial charge in [0.25, 0.3) is 15.9 Å². The highest BCUT2D eigenvalue weighted by Crippen LogP contribution is 2.28. The second kappa shape index (κ2) is 9.67. The molecule has 2 heterocycles. The smallest absolute Gasteiger partial charge is 0.335 e. The molecule has 4 rings (SSSR count). The van der Waals surface area contributed by atoms with Crippen molar-refractivity contribution in [3.63, 3.8) is 0 Å². The Morgan fingerprint density at radius 3 is 2.56 bits per heavy atom. The maximum Gasteiger partial charge on any atom is 0.335 e. The summed E-state index contributed by atoms with van der Waals surface area (Å²) in [4.78, 5) is 24.1. The summed E-state index contributed by atoms with van der Waals surface area (Å²) in [5.74, 6) is -1.23. The molecule has 0 spiro atoms. The third-order valence-electron chi connectivity index (χ3n) is 4.81. The van der Waals surface area contributed by atoms with E-state index in [9.17, 15) is 18.3 Å². The van der Waals surface area contributed by atoms with E-state index >= 15 is 0 Å². The van der Waals surface area contributed by atoms with Gasteiger partial charge in [-0.3, -0.25) is 9.71 Å². The normalized spacial score (nSPS) is 11.1. The molecule has 0 aliphatic heterocycles. The largest absolute Gasteiger partial charge is 0.478 e. The van der Waals surface area contributed by atoms with Crippen molar-refractivity contribution in [3.05, 3.63) is 95.9 Å². The summed E-state index contributed by atoms with van der Waals surface area (Å²) in [5.41, 5.74) is 2.57. The van der Waals surface area contributed by atoms with Gasteiger partial charge < -0.3 is 9.84 Å². The molecule has 0 bridgehead atoms. The van der Waals surface area contributed by atoms with Crippen LogP contribution in [0.2, 0.25) is 0 Å². The molecule has 2 N–H and O–H groups in total. The maximum atomic E-state index is 12.9. The predicted octanol–water partition coefficient (Wildman–Crippen LogP) is 3.93. The van der Waals surface area contributed by atoms with Crippen molar-refractivity contribution in [1.29, 1.82) is 0 Å². The number of rotatable bonds is 8. The van der Waals surface area contributed by atoms with Gasteiger partial charge in [0.05, 0.1) is 22.3 Å². The molecule has 0 saturated carbocycles. The zero-order chi connectivity index (χ0) is 24.1. The Labute approximate surface area is 196 Å². The van der Waals surface area contributed by atoms with Crippen molar-refractivity contribution in [2.75, 3.05) is 4.72 Å². The fraction of sp³-hybridized carbons (Fsp3) is 0.0833. The van der Waals surface area contributed by atoms with Gasteiger partial charge in [-0.05, 0) is 37.3 Å². The predicted molar refractivity (Wildman–Crippen MR) is 125 cm³/mol. The number of anilines is 1. The number of nitrogens with one attached hydrogen (secondary N) is 1. The topological polar surface area (TPSA) is 131 Å². The highest BCUT2D eigenvalue weighted by atomic mass is 32.2. The first-order chi connectivity index (χ1) is 16.3. The van der Waals surface area contributed by atoms with E-state index in [-0.39, 0.29) is 28.8 Å². The molecule has 2 aromatic carbocycles. The van der Waals surface area contributed by atoms with Gasteiger partial charge in [0.15, 0.2) is 0 Å². The second-order valence-electron chi connectivity index (χ2n) is 7.36. The van der Waals surface area contributed by atoms with E-state index in [2.05, 4.69) is 19.7 Å². The number of sulfonamides is 1. The molecule has 0 aliphatic carbocycles. The number of hydrogen-bond donors (Lipinski definition) is 2. The lowest BCUT2D eigenvalue weighted by Crippen LogP contribution is -2.16. The van der Waals surface area contributed by atoms with Crippen molar-refractivity contribution in [2.45, 2.75) is 18.4 Å². The Hall–Kier alpha value is -4.31. The number of aryl methyl sites for hydroxylation is 1. The summed E-state index contributed by atoms with van der Waals surface area (Å²) in [6.07, 6.45) is 4.59. The van der Waals surface area contributed by atoms with E-state index in [1.165, 1.54) is 30.5 Å². The number of carboxylic acids is 1. The Morgan fingerprint density at radius 1 is 1.06 bits per heavy atom. The number of aromatic nitrogens is 3. The van der Waals surface area contributed by atoms with Gasteiger partial charge in [-0.1, -0.05) is 35.9 Å². The SMILES string of the molecule is Cc1ccc(S(=O)(=O)Nc2ncc(-c3cccc(C(=O)O)c3)nc2OCc2cccnc2)cc1. The van der Waals surface area contributed by atoms with Crippen molar-refractivity contribution in [2.24, 2.45) is 0 Å². The first kappa shape index (κ1) is 22.9. The van der Waals surface area contributed by atoms with E-state index < -0.39 is 16.0 Å². The third-order valence-corrected chi connectivity index (χ3v) is 6.16. The number of aromatic carboxylic acids is 1. The van der Waals surface area contributed by atoms with E-state index in [0.717, 1.165) is 11.1 Å². The minimum atomic E-state index is -3.95. The molecule has 0 aliphatic rings. The molecule has 0 fully saturated rings. The number of nitrogens with zero attached hydrogens (tertiary/aromatic N) is 3. The summed E-state index contributed by atoms with van der Waals surface area (Å²) in [5, 5.41) is 9.27. The van der Waals surface area contributed by atoms with Gasteiger partial charge in [0, 0.05) is 23.5 Å². The van der Waals surface area contributed by atoms with Crippen LogP contribution in [0.3, 0.4) is 0 Å². The van der Waals surface area contributed by atoms with E-state index in [1.807, 2.05) is 6.92 Å². The van der Waals surface area contributed by atoms with Crippen LogP contribution in [0.15, 0.2) is 84.1 Å². The van der Waals surface area contributed by atoms with Crippen LogP contribution < -0.4 is 9.46 Å². The van der Waals surface area contributed by atoms with Crippen molar-refractivity contribution < 1.29 is 23.1 Å². The Bertz CT molecular complexity index is 1430. The minimum Gasteiger partial charge on any atom is -0.478 e. The molecular weight excluding hydrogens is 456 g/mol. The number of benzene rings is 2. The summed E-state index contributed by atoms with van der Waals surface area (Å²) in [6, 6.07) is 16.1. The molecule has 172 valence electrons. The van der Waals surface area contributed by atoms with Crippen LogP contribution in [-0.4, -0.2) is 34.4 Å². The molecule has 0 saturated heterocycles. The van der Waals surface area contributed by atoms with Crippen LogP contribution in [0.4, 0.5) is 5.82 Å². The Morgan fingerprint density at radius 2 is 1.85 bits per heavy atom. The fourth-order valence-corrected chi connectivity index (χ4v) is 4.04. The standard InChI is InChI=1S/C24H20N4O5S/c1-16-7-9-20(10-8-16)34(31,32)28-22-23(33-15-17-4-3-11-25-13-17)27-21(14-26-22)18-5-2-6-19(12-18)24(29)30/h2-14H,15H2,1H3,(H,26,28)(H,29,30). The second-order valence-corrected chi connectivity index (χ2v) is 9.05. The number of pyridine rings is 1. The number of carboxylic acid groups (broad SMARTS) is 1. The Kier molecular flexibility index (Phi) is 6.51. The van der Waals surface area contributed by atoms with E-state index in [4.69, 9.17) is 4.74 Å². The lowest BCUT2D eigenvalue weighted by Gasteiger charge is -2.13. The lowest BCUT2D eigenvalue weighted by atomic mass is 10.1. The monoisotopic (exact) mass is 476 g/mol. The summed E-state index contributed by atoms with van der Waals surface area (Å²) in [6.45, 7) is 1.93. The van der Waals surface area contributed by atoms with Gasteiger partial charge in [0.2, 0.25) is 5.82 Å². The fourth-order valence-electron chi connectivity index (χ4n) is 3.03.